The van der Waals surface area contributed by atoms with Crippen LogP contribution in [0.25, 0.3) is 17.0 Å². The highest BCUT2D eigenvalue weighted by Crippen LogP contribution is 2.29. The number of pyridine rings is 1. The number of fused-ring (bicyclic) bond motifs is 1. The SMILES string of the molecule is N#Cc1ccn2c(-c3ccc(Br)cc3Br)nnc2c1. The first-order valence-electron chi connectivity index (χ1n) is 5.39. The van der Waals surface area contributed by atoms with E-state index in [1.165, 1.54) is 0 Å². The highest BCUT2D eigenvalue weighted by atomic mass is 79.9. The molecule has 0 aliphatic carbocycles. The van der Waals surface area contributed by atoms with Crippen molar-refractivity contribution >= 4 is 37.5 Å². The molecule has 1 aromatic carbocycles. The second kappa shape index (κ2) is 4.76. The van der Waals surface area contributed by atoms with Gasteiger partial charge in [-0.15, -0.1) is 10.2 Å². The first kappa shape index (κ1) is 12.3. The summed E-state index contributed by atoms with van der Waals surface area (Å²) in [7, 11) is 0. The van der Waals surface area contributed by atoms with Gasteiger partial charge in [0.25, 0.3) is 0 Å². The summed E-state index contributed by atoms with van der Waals surface area (Å²) in [5.74, 6) is 0.735. The molecule has 0 bridgehead atoms. The highest BCUT2D eigenvalue weighted by Gasteiger charge is 2.11. The third kappa shape index (κ3) is 2.15. The van der Waals surface area contributed by atoms with Gasteiger partial charge in [0.2, 0.25) is 0 Å². The van der Waals surface area contributed by atoms with Crippen molar-refractivity contribution in [1.82, 2.24) is 14.6 Å². The number of rotatable bonds is 1. The number of halogens is 2. The number of benzene rings is 1. The molecule has 0 atom stereocenters. The monoisotopic (exact) mass is 376 g/mol. The zero-order chi connectivity index (χ0) is 13.4. The predicted octanol–water partition coefficient (Wildman–Crippen LogP) is 3.79. The van der Waals surface area contributed by atoms with Crippen LogP contribution >= 0.6 is 31.9 Å². The highest BCUT2D eigenvalue weighted by molar-refractivity contribution is 9.11. The Hall–Kier alpha value is -1.71. The van der Waals surface area contributed by atoms with E-state index >= 15 is 0 Å². The van der Waals surface area contributed by atoms with Crippen LogP contribution in [0.1, 0.15) is 5.56 Å². The molecular weight excluding hydrogens is 372 g/mol. The first-order chi connectivity index (χ1) is 9.19. The third-order valence-corrected chi connectivity index (χ3v) is 3.86. The van der Waals surface area contributed by atoms with Crippen molar-refractivity contribution in [2.75, 3.05) is 0 Å². The average Bonchev–Trinajstić information content (AvgIpc) is 2.81. The molecular formula is C13H6Br2N4. The van der Waals surface area contributed by atoms with Crippen molar-refractivity contribution in [2.45, 2.75) is 0 Å². The van der Waals surface area contributed by atoms with E-state index in [4.69, 9.17) is 5.26 Å². The minimum Gasteiger partial charge on any atom is -0.282 e. The van der Waals surface area contributed by atoms with Gasteiger partial charge in [0.1, 0.15) is 0 Å². The van der Waals surface area contributed by atoms with Gasteiger partial charge in [-0.05, 0) is 40.2 Å². The van der Waals surface area contributed by atoms with Crippen molar-refractivity contribution < 1.29 is 0 Å². The van der Waals surface area contributed by atoms with Crippen molar-refractivity contribution in [1.29, 1.82) is 5.26 Å². The molecule has 19 heavy (non-hydrogen) atoms. The van der Waals surface area contributed by atoms with Crippen LogP contribution in [0.4, 0.5) is 0 Å². The summed E-state index contributed by atoms with van der Waals surface area (Å²) in [6, 6.07) is 11.4. The summed E-state index contributed by atoms with van der Waals surface area (Å²) in [6.45, 7) is 0. The third-order valence-electron chi connectivity index (χ3n) is 2.71. The maximum Gasteiger partial charge on any atom is 0.169 e. The minimum absolute atomic E-state index is 0.571. The molecule has 0 saturated carbocycles. The molecule has 2 heterocycles. The second-order valence-electron chi connectivity index (χ2n) is 3.90. The van der Waals surface area contributed by atoms with Crippen LogP contribution in [0.3, 0.4) is 0 Å². The largest absolute Gasteiger partial charge is 0.282 e. The lowest BCUT2D eigenvalue weighted by atomic mass is 10.2. The minimum atomic E-state index is 0.571. The molecule has 0 N–H and O–H groups in total. The molecule has 0 saturated heterocycles. The van der Waals surface area contributed by atoms with Crippen LogP contribution in [0.5, 0.6) is 0 Å². The summed E-state index contributed by atoms with van der Waals surface area (Å²) >= 11 is 6.94. The van der Waals surface area contributed by atoms with E-state index in [1.807, 2.05) is 22.6 Å². The van der Waals surface area contributed by atoms with E-state index < -0.39 is 0 Å². The Morgan fingerprint density at radius 1 is 1.11 bits per heavy atom. The lowest BCUT2D eigenvalue weighted by Gasteiger charge is -2.03. The molecule has 4 nitrogen and oxygen atoms in total. The van der Waals surface area contributed by atoms with E-state index in [2.05, 4.69) is 48.1 Å². The second-order valence-corrected chi connectivity index (χ2v) is 5.67. The van der Waals surface area contributed by atoms with E-state index in [0.717, 1.165) is 20.3 Å². The number of nitriles is 1. The number of nitrogens with zero attached hydrogens (tertiary/aromatic N) is 4. The van der Waals surface area contributed by atoms with Crippen molar-refractivity contribution in [3.05, 3.63) is 51.0 Å². The van der Waals surface area contributed by atoms with E-state index in [0.29, 0.717) is 11.2 Å². The van der Waals surface area contributed by atoms with Crippen molar-refractivity contribution in [3.8, 4) is 17.5 Å². The van der Waals surface area contributed by atoms with Gasteiger partial charge in [-0.1, -0.05) is 15.9 Å². The van der Waals surface area contributed by atoms with Gasteiger partial charge >= 0.3 is 0 Å². The molecule has 3 rings (SSSR count). The Bertz CT molecular complexity index is 817. The molecule has 0 radical (unpaired) electrons. The quantitative estimate of drug-likeness (QED) is 0.648. The van der Waals surface area contributed by atoms with E-state index in [9.17, 15) is 0 Å². The summed E-state index contributed by atoms with van der Waals surface area (Å²) in [5, 5.41) is 17.2. The summed E-state index contributed by atoms with van der Waals surface area (Å²) in [4.78, 5) is 0. The van der Waals surface area contributed by atoms with Gasteiger partial charge in [-0.3, -0.25) is 4.40 Å². The molecule has 0 amide bonds. The normalized spacial score (nSPS) is 10.6. The molecule has 2 aromatic heterocycles. The zero-order valence-electron chi connectivity index (χ0n) is 9.51. The Labute approximate surface area is 126 Å². The molecule has 3 aromatic rings. The fraction of sp³-hybridized carbons (Fsp3) is 0. The van der Waals surface area contributed by atoms with Gasteiger partial charge in [-0.2, -0.15) is 5.26 Å². The van der Waals surface area contributed by atoms with E-state index in [1.54, 1.807) is 18.3 Å². The molecule has 0 aliphatic heterocycles. The number of aromatic nitrogens is 3. The molecule has 6 heteroatoms. The average molecular weight is 378 g/mol. The predicted molar refractivity (Wildman–Crippen MR) is 78.5 cm³/mol. The van der Waals surface area contributed by atoms with Gasteiger partial charge in [0.15, 0.2) is 11.5 Å². The summed E-state index contributed by atoms with van der Waals surface area (Å²) in [6.07, 6.45) is 1.80. The Balaban J connectivity index is 2.23. The maximum absolute atomic E-state index is 8.88. The van der Waals surface area contributed by atoms with Crippen LogP contribution in [-0.4, -0.2) is 14.6 Å². The first-order valence-corrected chi connectivity index (χ1v) is 6.98. The van der Waals surface area contributed by atoms with Gasteiger partial charge in [0, 0.05) is 26.8 Å². The molecule has 0 spiro atoms. The fourth-order valence-corrected chi connectivity index (χ4v) is 3.04. The van der Waals surface area contributed by atoms with E-state index in [-0.39, 0.29) is 0 Å². The Kier molecular flexibility index (Phi) is 3.09. The lowest BCUT2D eigenvalue weighted by molar-refractivity contribution is 1.11. The van der Waals surface area contributed by atoms with Crippen molar-refractivity contribution in [2.24, 2.45) is 0 Å². The zero-order valence-corrected chi connectivity index (χ0v) is 12.7. The lowest BCUT2D eigenvalue weighted by Crippen LogP contribution is -1.90. The fourth-order valence-electron chi connectivity index (χ4n) is 1.81. The Morgan fingerprint density at radius 3 is 2.68 bits per heavy atom. The van der Waals surface area contributed by atoms with Gasteiger partial charge < -0.3 is 0 Å². The maximum atomic E-state index is 8.88. The summed E-state index contributed by atoms with van der Waals surface area (Å²) < 4.78 is 3.78. The molecule has 92 valence electrons. The molecule has 0 fully saturated rings. The van der Waals surface area contributed by atoms with Crippen molar-refractivity contribution in [3.63, 3.8) is 0 Å². The standard InChI is InChI=1S/C13H6Br2N4/c14-9-1-2-10(11(15)6-9)13-18-17-12-5-8(7-16)3-4-19(12)13/h1-6H. The van der Waals surface area contributed by atoms with Gasteiger partial charge in [-0.25, -0.2) is 0 Å². The van der Waals surface area contributed by atoms with Crippen LogP contribution in [0.2, 0.25) is 0 Å². The number of hydrogen-bond donors (Lipinski definition) is 0. The Morgan fingerprint density at radius 2 is 1.95 bits per heavy atom. The van der Waals surface area contributed by atoms with Crippen LogP contribution in [0.15, 0.2) is 45.5 Å². The van der Waals surface area contributed by atoms with Crippen LogP contribution < -0.4 is 0 Å². The van der Waals surface area contributed by atoms with Crippen LogP contribution in [-0.2, 0) is 0 Å². The topological polar surface area (TPSA) is 54.0 Å². The molecule has 0 unspecified atom stereocenters. The van der Waals surface area contributed by atoms with Gasteiger partial charge in [0.05, 0.1) is 11.6 Å². The molecule has 0 aliphatic rings. The van der Waals surface area contributed by atoms with Crippen LogP contribution in [0, 0.1) is 11.3 Å². The number of hydrogen-bond acceptors (Lipinski definition) is 3. The summed E-state index contributed by atoms with van der Waals surface area (Å²) in [5.41, 5.74) is 2.17. The smallest absolute Gasteiger partial charge is 0.169 e.